The van der Waals surface area contributed by atoms with E-state index < -0.39 is 11.4 Å². The number of rotatable bonds is 4. The van der Waals surface area contributed by atoms with Gasteiger partial charge in [-0.25, -0.2) is 4.98 Å². The van der Waals surface area contributed by atoms with Crippen LogP contribution in [0.25, 0.3) is 0 Å². The Morgan fingerprint density at radius 1 is 1.47 bits per heavy atom. The second kappa shape index (κ2) is 4.87. The van der Waals surface area contributed by atoms with Gasteiger partial charge in [-0.3, -0.25) is 9.78 Å². The number of nitrogens with one attached hydrogen (secondary N) is 1. The molecule has 0 radical (unpaired) electrons. The van der Waals surface area contributed by atoms with Crippen molar-refractivity contribution in [1.82, 2.24) is 9.97 Å². The van der Waals surface area contributed by atoms with Crippen LogP contribution in [0.4, 0.5) is 5.82 Å². The van der Waals surface area contributed by atoms with Gasteiger partial charge in [-0.15, -0.1) is 0 Å². The quantitative estimate of drug-likeness (QED) is 0.863. The molecule has 1 heterocycles. The van der Waals surface area contributed by atoms with Crippen LogP contribution >= 0.6 is 11.6 Å². The number of halogens is 1. The molecule has 1 saturated carbocycles. The third-order valence-corrected chi connectivity index (χ3v) is 3.41. The van der Waals surface area contributed by atoms with Crippen molar-refractivity contribution in [3.05, 3.63) is 17.5 Å². The van der Waals surface area contributed by atoms with E-state index in [1.807, 2.05) is 0 Å². The Hall–Kier alpha value is -1.36. The van der Waals surface area contributed by atoms with E-state index >= 15 is 0 Å². The van der Waals surface area contributed by atoms with Gasteiger partial charge in [0.05, 0.1) is 17.8 Å². The highest BCUT2D eigenvalue weighted by atomic mass is 35.5. The van der Waals surface area contributed by atoms with E-state index in [-0.39, 0.29) is 0 Å². The Morgan fingerprint density at radius 2 is 2.18 bits per heavy atom. The fourth-order valence-corrected chi connectivity index (χ4v) is 2.35. The number of carbonyl (C=O) groups is 1. The highest BCUT2D eigenvalue weighted by molar-refractivity contribution is 6.29. The van der Waals surface area contributed by atoms with Gasteiger partial charge in [0, 0.05) is 6.54 Å². The van der Waals surface area contributed by atoms with Gasteiger partial charge in [0.2, 0.25) is 0 Å². The van der Waals surface area contributed by atoms with E-state index in [2.05, 4.69) is 15.3 Å². The van der Waals surface area contributed by atoms with E-state index in [4.69, 9.17) is 11.6 Å². The molecule has 0 spiro atoms. The van der Waals surface area contributed by atoms with Crippen molar-refractivity contribution in [3.63, 3.8) is 0 Å². The molecule has 0 atom stereocenters. The van der Waals surface area contributed by atoms with Crippen molar-refractivity contribution in [1.29, 1.82) is 0 Å². The van der Waals surface area contributed by atoms with Crippen molar-refractivity contribution in [2.24, 2.45) is 5.41 Å². The fraction of sp³-hybridized carbons (Fsp3) is 0.545. The van der Waals surface area contributed by atoms with Gasteiger partial charge >= 0.3 is 5.97 Å². The molecule has 2 rings (SSSR count). The van der Waals surface area contributed by atoms with E-state index in [1.165, 1.54) is 12.4 Å². The average molecular weight is 256 g/mol. The zero-order chi connectivity index (χ0) is 12.3. The first kappa shape index (κ1) is 12.1. The topological polar surface area (TPSA) is 75.1 Å². The van der Waals surface area contributed by atoms with Gasteiger partial charge in [-0.2, -0.15) is 0 Å². The van der Waals surface area contributed by atoms with Gasteiger partial charge < -0.3 is 10.4 Å². The molecule has 6 heteroatoms. The predicted molar refractivity (Wildman–Crippen MR) is 64.1 cm³/mol. The Kier molecular flexibility index (Phi) is 3.47. The van der Waals surface area contributed by atoms with Gasteiger partial charge in [0.25, 0.3) is 0 Å². The zero-order valence-corrected chi connectivity index (χ0v) is 10.1. The summed E-state index contributed by atoms with van der Waals surface area (Å²) >= 11 is 5.71. The largest absolute Gasteiger partial charge is 0.481 e. The summed E-state index contributed by atoms with van der Waals surface area (Å²) in [5, 5.41) is 12.6. The summed E-state index contributed by atoms with van der Waals surface area (Å²) in [5.74, 6) is -0.220. The molecule has 1 aromatic heterocycles. The maximum atomic E-state index is 11.3. The van der Waals surface area contributed by atoms with Crippen LogP contribution in [0.2, 0.25) is 5.15 Å². The average Bonchev–Trinajstić information content (AvgIpc) is 2.76. The van der Waals surface area contributed by atoms with Crippen molar-refractivity contribution in [3.8, 4) is 0 Å². The number of carboxylic acids is 1. The Labute approximate surface area is 104 Å². The van der Waals surface area contributed by atoms with Crippen molar-refractivity contribution < 1.29 is 9.90 Å². The number of aromatic nitrogens is 2. The highest BCUT2D eigenvalue weighted by Crippen LogP contribution is 2.38. The molecule has 0 bridgehead atoms. The molecule has 1 fully saturated rings. The van der Waals surface area contributed by atoms with Crippen LogP contribution in [-0.2, 0) is 4.79 Å². The number of anilines is 1. The zero-order valence-electron chi connectivity index (χ0n) is 9.32. The maximum absolute atomic E-state index is 11.3. The molecule has 0 aliphatic heterocycles. The number of aliphatic carboxylic acids is 1. The minimum absolute atomic E-state index is 0.297. The summed E-state index contributed by atoms with van der Waals surface area (Å²) in [4.78, 5) is 19.2. The smallest absolute Gasteiger partial charge is 0.311 e. The van der Waals surface area contributed by atoms with Crippen molar-refractivity contribution in [2.75, 3.05) is 11.9 Å². The Morgan fingerprint density at radius 3 is 2.76 bits per heavy atom. The van der Waals surface area contributed by atoms with Crippen LogP contribution in [0.5, 0.6) is 0 Å². The fourth-order valence-electron chi connectivity index (χ4n) is 2.21. The molecule has 17 heavy (non-hydrogen) atoms. The molecule has 0 aromatic carbocycles. The number of nitrogens with zero attached hydrogens (tertiary/aromatic N) is 2. The van der Waals surface area contributed by atoms with E-state index in [9.17, 15) is 9.90 Å². The molecular formula is C11H14ClN3O2. The van der Waals surface area contributed by atoms with Crippen molar-refractivity contribution in [2.45, 2.75) is 25.7 Å². The van der Waals surface area contributed by atoms with Gasteiger partial charge in [0.15, 0.2) is 0 Å². The molecule has 0 unspecified atom stereocenters. The number of carboxylic acid groups (broad SMARTS) is 1. The second-order valence-corrected chi connectivity index (χ2v) is 4.76. The molecule has 2 N–H and O–H groups in total. The normalized spacial score (nSPS) is 17.9. The Bertz CT molecular complexity index is 419. The summed E-state index contributed by atoms with van der Waals surface area (Å²) in [6.07, 6.45) is 6.34. The lowest BCUT2D eigenvalue weighted by Crippen LogP contribution is -2.35. The SMILES string of the molecule is O=C(O)C1(CNc2cncc(Cl)n2)CCCC1. The van der Waals surface area contributed by atoms with Crippen LogP contribution in [0.3, 0.4) is 0 Å². The number of hydrogen-bond acceptors (Lipinski definition) is 4. The first-order valence-corrected chi connectivity index (χ1v) is 5.95. The van der Waals surface area contributed by atoms with Gasteiger partial charge in [-0.1, -0.05) is 24.4 Å². The molecule has 0 amide bonds. The van der Waals surface area contributed by atoms with Crippen molar-refractivity contribution >= 4 is 23.4 Å². The van der Waals surface area contributed by atoms with Crippen LogP contribution < -0.4 is 5.32 Å². The van der Waals surface area contributed by atoms with E-state index in [1.54, 1.807) is 0 Å². The van der Waals surface area contributed by atoms with Crippen LogP contribution in [0, 0.1) is 5.41 Å². The van der Waals surface area contributed by atoms with Crippen LogP contribution in [0.15, 0.2) is 12.4 Å². The van der Waals surface area contributed by atoms with E-state index in [0.29, 0.717) is 30.4 Å². The summed E-state index contributed by atoms with van der Waals surface area (Å²) < 4.78 is 0. The molecule has 0 saturated heterocycles. The first-order chi connectivity index (χ1) is 8.12. The summed E-state index contributed by atoms with van der Waals surface area (Å²) in [7, 11) is 0. The minimum Gasteiger partial charge on any atom is -0.481 e. The van der Waals surface area contributed by atoms with Gasteiger partial charge in [0.1, 0.15) is 11.0 Å². The molecule has 92 valence electrons. The second-order valence-electron chi connectivity index (χ2n) is 4.37. The van der Waals surface area contributed by atoms with E-state index in [0.717, 1.165) is 12.8 Å². The molecule has 1 aliphatic rings. The molecular weight excluding hydrogens is 242 g/mol. The first-order valence-electron chi connectivity index (χ1n) is 5.57. The maximum Gasteiger partial charge on any atom is 0.311 e. The highest BCUT2D eigenvalue weighted by Gasteiger charge is 2.41. The molecule has 1 aliphatic carbocycles. The third-order valence-electron chi connectivity index (χ3n) is 3.23. The standard InChI is InChI=1S/C11H14ClN3O2/c12-8-5-13-6-9(15-8)14-7-11(10(16)17)3-1-2-4-11/h5-6H,1-4,7H2,(H,14,15)(H,16,17). The summed E-state index contributed by atoms with van der Waals surface area (Å²) in [6, 6.07) is 0. The number of hydrogen-bond donors (Lipinski definition) is 2. The Balaban J connectivity index is 2.03. The monoisotopic (exact) mass is 255 g/mol. The van der Waals surface area contributed by atoms with Gasteiger partial charge in [-0.05, 0) is 12.8 Å². The summed E-state index contributed by atoms with van der Waals surface area (Å²) in [5.41, 5.74) is -0.663. The minimum atomic E-state index is -0.738. The van der Waals surface area contributed by atoms with Crippen LogP contribution in [-0.4, -0.2) is 27.6 Å². The third kappa shape index (κ3) is 2.66. The lowest BCUT2D eigenvalue weighted by atomic mass is 9.86. The predicted octanol–water partition coefficient (Wildman–Crippen LogP) is 2.19. The molecule has 1 aromatic rings. The lowest BCUT2D eigenvalue weighted by molar-refractivity contribution is -0.147. The van der Waals surface area contributed by atoms with Crippen LogP contribution in [0.1, 0.15) is 25.7 Å². The lowest BCUT2D eigenvalue weighted by Gasteiger charge is -2.24. The summed E-state index contributed by atoms with van der Waals surface area (Å²) in [6.45, 7) is 0.372. The molecule has 5 nitrogen and oxygen atoms in total.